The highest BCUT2D eigenvalue weighted by molar-refractivity contribution is 7.98. The largest absolute Gasteiger partial charge is 0.495 e. The normalized spacial score (nSPS) is 10.8. The van der Waals surface area contributed by atoms with Crippen LogP contribution in [0.4, 0.5) is 5.69 Å². The van der Waals surface area contributed by atoms with Crippen LogP contribution in [0.3, 0.4) is 0 Å². The van der Waals surface area contributed by atoms with Crippen molar-refractivity contribution in [3.63, 3.8) is 0 Å². The maximum atomic E-state index is 12.3. The Morgan fingerprint density at radius 2 is 2.00 bits per heavy atom. The van der Waals surface area contributed by atoms with E-state index in [1.165, 1.54) is 7.11 Å². The highest BCUT2D eigenvalue weighted by Gasteiger charge is 2.11. The van der Waals surface area contributed by atoms with Crippen molar-refractivity contribution in [3.05, 3.63) is 58.6 Å². The van der Waals surface area contributed by atoms with Gasteiger partial charge < -0.3 is 10.1 Å². The average molecular weight is 359 g/mol. The molecule has 1 N–H and O–H groups in total. The Labute approximate surface area is 150 Å². The average Bonchev–Trinajstić information content (AvgIpc) is 2.60. The lowest BCUT2D eigenvalue weighted by Gasteiger charge is -2.07. The molecule has 0 saturated heterocycles. The Kier molecular flexibility index (Phi) is 6.30. The Morgan fingerprint density at radius 3 is 2.54 bits per heavy atom. The van der Waals surface area contributed by atoms with Gasteiger partial charge in [0.1, 0.15) is 17.4 Å². The van der Waals surface area contributed by atoms with Crippen LogP contribution < -0.4 is 10.1 Å². The molecule has 0 radical (unpaired) electrons. The van der Waals surface area contributed by atoms with Crippen LogP contribution in [0, 0.1) is 11.3 Å². The van der Waals surface area contributed by atoms with E-state index >= 15 is 0 Å². The van der Waals surface area contributed by atoms with Crippen LogP contribution in [0.15, 0.2) is 52.9 Å². The zero-order valence-electron chi connectivity index (χ0n) is 13.2. The molecule has 0 unspecified atom stereocenters. The van der Waals surface area contributed by atoms with Crippen molar-refractivity contribution >= 4 is 41.0 Å². The predicted molar refractivity (Wildman–Crippen MR) is 98.4 cm³/mol. The van der Waals surface area contributed by atoms with Gasteiger partial charge >= 0.3 is 0 Å². The van der Waals surface area contributed by atoms with Crippen LogP contribution >= 0.6 is 23.4 Å². The van der Waals surface area contributed by atoms with Crippen molar-refractivity contribution in [1.29, 1.82) is 5.26 Å². The third-order valence-corrected chi connectivity index (χ3v) is 4.24. The van der Waals surface area contributed by atoms with Gasteiger partial charge in [0, 0.05) is 10.6 Å². The minimum atomic E-state index is -0.493. The smallest absolute Gasteiger partial charge is 0.266 e. The quantitative estimate of drug-likeness (QED) is 0.481. The predicted octanol–water partition coefficient (Wildman–Crippen LogP) is 4.62. The van der Waals surface area contributed by atoms with Crippen LogP contribution in [-0.4, -0.2) is 19.3 Å². The number of carbonyl (C=O) groups is 1. The second-order valence-electron chi connectivity index (χ2n) is 4.75. The SMILES string of the molecule is COc1ccc(NC(=O)/C(C#N)=C/c2ccc(SC)cc2)cc1Cl. The fourth-order valence-electron chi connectivity index (χ4n) is 1.96. The second kappa shape index (κ2) is 8.44. The summed E-state index contributed by atoms with van der Waals surface area (Å²) in [4.78, 5) is 13.4. The number of thioether (sulfide) groups is 1. The molecule has 0 atom stereocenters. The van der Waals surface area contributed by atoms with Crippen LogP contribution in [0.25, 0.3) is 6.08 Å². The van der Waals surface area contributed by atoms with E-state index in [1.54, 1.807) is 36.0 Å². The fourth-order valence-corrected chi connectivity index (χ4v) is 2.62. The molecular formula is C18H15ClN2O2S. The van der Waals surface area contributed by atoms with E-state index in [-0.39, 0.29) is 5.57 Å². The van der Waals surface area contributed by atoms with Gasteiger partial charge in [-0.15, -0.1) is 11.8 Å². The first-order chi connectivity index (χ1) is 11.6. The number of halogens is 1. The summed E-state index contributed by atoms with van der Waals surface area (Å²) in [6, 6.07) is 14.4. The summed E-state index contributed by atoms with van der Waals surface area (Å²) in [5, 5.41) is 12.3. The monoisotopic (exact) mass is 358 g/mol. The number of benzene rings is 2. The number of carbonyl (C=O) groups excluding carboxylic acids is 1. The molecule has 1 amide bonds. The van der Waals surface area contributed by atoms with Crippen molar-refractivity contribution < 1.29 is 9.53 Å². The minimum Gasteiger partial charge on any atom is -0.495 e. The first-order valence-electron chi connectivity index (χ1n) is 6.98. The molecule has 6 heteroatoms. The van der Waals surface area contributed by atoms with Gasteiger partial charge in [-0.05, 0) is 48.2 Å². The molecule has 0 aliphatic heterocycles. The molecule has 0 aromatic heterocycles. The summed E-state index contributed by atoms with van der Waals surface area (Å²) in [5.41, 5.74) is 1.29. The van der Waals surface area contributed by atoms with Crippen LogP contribution in [0.5, 0.6) is 5.75 Å². The second-order valence-corrected chi connectivity index (χ2v) is 6.03. The van der Waals surface area contributed by atoms with E-state index in [0.717, 1.165) is 10.5 Å². The Balaban J connectivity index is 2.17. The first-order valence-corrected chi connectivity index (χ1v) is 8.58. The zero-order valence-corrected chi connectivity index (χ0v) is 14.7. The topological polar surface area (TPSA) is 62.1 Å². The van der Waals surface area contributed by atoms with Crippen LogP contribution in [0.1, 0.15) is 5.56 Å². The van der Waals surface area contributed by atoms with Gasteiger partial charge in [0.05, 0.1) is 12.1 Å². The molecule has 0 heterocycles. The van der Waals surface area contributed by atoms with Gasteiger partial charge in [-0.2, -0.15) is 5.26 Å². The van der Waals surface area contributed by atoms with Gasteiger partial charge in [-0.25, -0.2) is 0 Å². The molecule has 0 spiro atoms. The van der Waals surface area contributed by atoms with E-state index in [1.807, 2.05) is 36.6 Å². The Hall–Kier alpha value is -2.42. The Bertz CT molecular complexity index is 811. The molecule has 122 valence electrons. The number of nitriles is 1. The third-order valence-electron chi connectivity index (χ3n) is 3.20. The van der Waals surface area contributed by atoms with E-state index in [0.29, 0.717) is 16.5 Å². The number of methoxy groups -OCH3 is 1. The summed E-state index contributed by atoms with van der Waals surface area (Å²) >= 11 is 7.65. The summed E-state index contributed by atoms with van der Waals surface area (Å²) in [6.07, 6.45) is 3.53. The minimum absolute atomic E-state index is 0.0128. The molecule has 2 rings (SSSR count). The number of amides is 1. The third kappa shape index (κ3) is 4.54. The summed E-state index contributed by atoms with van der Waals surface area (Å²) in [5.74, 6) is 0.0206. The van der Waals surface area contributed by atoms with Crippen molar-refractivity contribution in [2.24, 2.45) is 0 Å². The molecule has 0 aliphatic rings. The van der Waals surface area contributed by atoms with E-state index in [4.69, 9.17) is 16.3 Å². The van der Waals surface area contributed by atoms with Gasteiger partial charge in [0.25, 0.3) is 5.91 Å². The molecule has 0 fully saturated rings. The summed E-state index contributed by atoms with van der Waals surface area (Å²) in [6.45, 7) is 0. The van der Waals surface area contributed by atoms with E-state index in [2.05, 4.69) is 5.32 Å². The standard InChI is InChI=1S/C18H15ClN2O2S/c1-23-17-8-5-14(10-16(17)19)21-18(22)13(11-20)9-12-3-6-15(24-2)7-4-12/h3-10H,1-2H3,(H,21,22)/b13-9+. The lowest BCUT2D eigenvalue weighted by Crippen LogP contribution is -2.13. The number of ether oxygens (including phenoxy) is 1. The number of rotatable bonds is 5. The van der Waals surface area contributed by atoms with E-state index in [9.17, 15) is 10.1 Å². The summed E-state index contributed by atoms with van der Waals surface area (Å²) < 4.78 is 5.06. The van der Waals surface area contributed by atoms with E-state index < -0.39 is 5.91 Å². The molecule has 24 heavy (non-hydrogen) atoms. The van der Waals surface area contributed by atoms with Crippen molar-refractivity contribution in [2.75, 3.05) is 18.7 Å². The maximum absolute atomic E-state index is 12.3. The van der Waals surface area contributed by atoms with Crippen LogP contribution in [0.2, 0.25) is 5.02 Å². The van der Waals surface area contributed by atoms with Gasteiger partial charge in [-0.1, -0.05) is 23.7 Å². The molecule has 2 aromatic carbocycles. The van der Waals surface area contributed by atoms with Gasteiger partial charge in [-0.3, -0.25) is 4.79 Å². The Morgan fingerprint density at radius 1 is 1.29 bits per heavy atom. The highest BCUT2D eigenvalue weighted by atomic mass is 35.5. The number of hydrogen-bond acceptors (Lipinski definition) is 4. The lowest BCUT2D eigenvalue weighted by atomic mass is 10.1. The fraction of sp³-hybridized carbons (Fsp3) is 0.111. The van der Waals surface area contributed by atoms with Crippen molar-refractivity contribution in [2.45, 2.75) is 4.90 Å². The molecular weight excluding hydrogens is 344 g/mol. The highest BCUT2D eigenvalue weighted by Crippen LogP contribution is 2.27. The van der Waals surface area contributed by atoms with Crippen molar-refractivity contribution in [3.8, 4) is 11.8 Å². The van der Waals surface area contributed by atoms with Gasteiger partial charge in [0.15, 0.2) is 0 Å². The first kappa shape index (κ1) is 17.9. The molecule has 0 bridgehead atoms. The molecule has 4 nitrogen and oxygen atoms in total. The maximum Gasteiger partial charge on any atom is 0.266 e. The van der Waals surface area contributed by atoms with Crippen LogP contribution in [-0.2, 0) is 4.79 Å². The number of nitrogens with zero attached hydrogens (tertiary/aromatic N) is 1. The summed E-state index contributed by atoms with van der Waals surface area (Å²) in [7, 11) is 1.51. The number of nitrogens with one attached hydrogen (secondary N) is 1. The van der Waals surface area contributed by atoms with Crippen molar-refractivity contribution in [1.82, 2.24) is 0 Å². The molecule has 0 aliphatic carbocycles. The lowest BCUT2D eigenvalue weighted by molar-refractivity contribution is -0.112. The number of hydrogen-bond donors (Lipinski definition) is 1. The van der Waals surface area contributed by atoms with Gasteiger partial charge in [0.2, 0.25) is 0 Å². The molecule has 0 saturated carbocycles. The molecule has 2 aromatic rings. The zero-order chi connectivity index (χ0) is 17.5. The number of anilines is 1.